The molecular weight excluding hydrogens is 282 g/mol. The molecule has 8 heteroatoms. The summed E-state index contributed by atoms with van der Waals surface area (Å²) < 4.78 is 10.2. The van der Waals surface area contributed by atoms with Crippen LogP contribution in [-0.2, 0) is 19.1 Å². The van der Waals surface area contributed by atoms with Crippen molar-refractivity contribution in [2.75, 3.05) is 0 Å². The van der Waals surface area contributed by atoms with Crippen LogP contribution in [0.5, 0.6) is 0 Å². The van der Waals surface area contributed by atoms with E-state index >= 15 is 0 Å². The molecule has 0 aliphatic rings. The lowest BCUT2D eigenvalue weighted by atomic mass is 10.1. The molecule has 0 unspecified atom stereocenters. The first-order valence-corrected chi connectivity index (χ1v) is 6.33. The fraction of sp³-hybridized carbons (Fsp3) is 0.769. The van der Waals surface area contributed by atoms with E-state index in [4.69, 9.17) is 14.6 Å². The number of alkyl carbamates (subject to hydrolysis) is 1. The van der Waals surface area contributed by atoms with Gasteiger partial charge in [0.2, 0.25) is 0 Å². The van der Waals surface area contributed by atoms with Gasteiger partial charge in [-0.05, 0) is 41.5 Å². The number of carboxylic acid groups (broad SMARTS) is 2. The van der Waals surface area contributed by atoms with E-state index in [0.29, 0.717) is 0 Å². The first-order chi connectivity index (χ1) is 9.17. The van der Waals surface area contributed by atoms with E-state index in [1.165, 1.54) is 0 Å². The third-order valence-corrected chi connectivity index (χ3v) is 1.93. The van der Waals surface area contributed by atoms with Crippen molar-refractivity contribution in [3.05, 3.63) is 0 Å². The van der Waals surface area contributed by atoms with Crippen LogP contribution in [0.25, 0.3) is 0 Å². The predicted molar refractivity (Wildman–Crippen MR) is 72.8 cm³/mol. The zero-order chi connectivity index (χ0) is 17.1. The third-order valence-electron chi connectivity index (χ3n) is 1.93. The average molecular weight is 305 g/mol. The van der Waals surface area contributed by atoms with E-state index in [9.17, 15) is 19.5 Å². The molecule has 0 saturated carbocycles. The van der Waals surface area contributed by atoms with Gasteiger partial charge in [-0.1, -0.05) is 0 Å². The first-order valence-electron chi connectivity index (χ1n) is 6.33. The van der Waals surface area contributed by atoms with Crippen LogP contribution >= 0.6 is 0 Å². The molecule has 3 N–H and O–H groups in total. The molecule has 0 spiro atoms. The Balaban J connectivity index is 5.41. The van der Waals surface area contributed by atoms with Crippen molar-refractivity contribution in [3.63, 3.8) is 0 Å². The molecule has 0 fully saturated rings. The molecule has 0 saturated heterocycles. The summed E-state index contributed by atoms with van der Waals surface area (Å²) in [6.07, 6.45) is -2.02. The second-order valence-electron chi connectivity index (χ2n) is 6.54. The summed E-state index contributed by atoms with van der Waals surface area (Å²) in [5, 5.41) is 20.2. The van der Waals surface area contributed by atoms with Gasteiger partial charge >= 0.3 is 18.0 Å². The summed E-state index contributed by atoms with van der Waals surface area (Å²) in [7, 11) is 0. The van der Waals surface area contributed by atoms with Crippen LogP contribution in [0.4, 0.5) is 4.79 Å². The Morgan fingerprint density at radius 3 is 1.71 bits per heavy atom. The molecule has 1 atom stereocenters. The Bertz CT molecular complexity index is 419. The Kier molecular flexibility index (Phi) is 5.75. The minimum absolute atomic E-state index is 0.862. The zero-order valence-electron chi connectivity index (χ0n) is 13.1. The smallest absolute Gasteiger partial charge is 0.410 e. The van der Waals surface area contributed by atoms with Crippen LogP contribution in [0.3, 0.4) is 0 Å². The lowest BCUT2D eigenvalue weighted by Gasteiger charge is -2.35. The Hall–Kier alpha value is -1.83. The number of carbonyl (C=O) groups excluding carboxylic acids is 1. The predicted octanol–water partition coefficient (Wildman–Crippen LogP) is 1.58. The van der Waals surface area contributed by atoms with Crippen LogP contribution in [0.15, 0.2) is 0 Å². The second-order valence-corrected chi connectivity index (χ2v) is 6.54. The summed E-state index contributed by atoms with van der Waals surface area (Å²) in [5.74, 6) is -3.05. The van der Waals surface area contributed by atoms with Gasteiger partial charge in [0.15, 0.2) is 0 Å². The number of rotatable bonds is 5. The van der Waals surface area contributed by atoms with Gasteiger partial charge in [-0.2, -0.15) is 0 Å². The van der Waals surface area contributed by atoms with Crippen molar-refractivity contribution in [2.24, 2.45) is 0 Å². The van der Waals surface area contributed by atoms with Crippen molar-refractivity contribution in [2.45, 2.75) is 64.9 Å². The lowest BCUT2D eigenvalue weighted by molar-refractivity contribution is -0.196. The van der Waals surface area contributed by atoms with E-state index < -0.39 is 41.4 Å². The van der Waals surface area contributed by atoms with Crippen LogP contribution < -0.4 is 5.32 Å². The molecule has 0 aromatic carbocycles. The van der Waals surface area contributed by atoms with Crippen molar-refractivity contribution in [3.8, 4) is 0 Å². The summed E-state index contributed by atoms with van der Waals surface area (Å²) in [5.41, 5.74) is -4.27. The molecule has 1 amide bonds. The van der Waals surface area contributed by atoms with Crippen LogP contribution in [0, 0.1) is 0 Å². The maximum atomic E-state index is 11.8. The molecule has 0 aliphatic carbocycles. The number of nitrogens with one attached hydrogen (secondary N) is 1. The molecule has 0 heterocycles. The number of hydrogen-bond acceptors (Lipinski definition) is 5. The van der Waals surface area contributed by atoms with Crippen LogP contribution in [0.1, 0.15) is 48.0 Å². The van der Waals surface area contributed by atoms with E-state index in [0.717, 1.165) is 0 Å². The molecule has 0 aromatic heterocycles. The molecule has 0 aromatic rings. The molecule has 0 rings (SSSR count). The highest BCUT2D eigenvalue weighted by atomic mass is 16.6. The highest BCUT2D eigenvalue weighted by Crippen LogP contribution is 2.23. The van der Waals surface area contributed by atoms with Gasteiger partial charge in [0.1, 0.15) is 12.0 Å². The van der Waals surface area contributed by atoms with Gasteiger partial charge in [-0.3, -0.25) is 10.1 Å². The van der Waals surface area contributed by atoms with Crippen molar-refractivity contribution in [1.82, 2.24) is 5.32 Å². The first kappa shape index (κ1) is 19.2. The monoisotopic (exact) mass is 305 g/mol. The van der Waals surface area contributed by atoms with Gasteiger partial charge in [0.05, 0.1) is 5.60 Å². The number of carboxylic acids is 2. The van der Waals surface area contributed by atoms with Crippen molar-refractivity contribution in [1.29, 1.82) is 0 Å². The van der Waals surface area contributed by atoms with Gasteiger partial charge in [0, 0.05) is 0 Å². The minimum Gasteiger partial charge on any atom is -0.481 e. The summed E-state index contributed by atoms with van der Waals surface area (Å²) in [6, 6.07) is 0. The fourth-order valence-electron chi connectivity index (χ4n) is 1.48. The Morgan fingerprint density at radius 2 is 1.43 bits per heavy atom. The standard InChI is InChI=1S/C13H23NO7/c1-11(2,3)20-10(19)14-13(9(17)18,7-8(15)16)21-12(4,5)6/h7H2,1-6H3,(H,14,19)(H,15,16)(H,17,18)/t13-/m1/s1. The number of aliphatic carboxylic acids is 2. The molecule has 21 heavy (non-hydrogen) atoms. The van der Waals surface area contributed by atoms with Crippen molar-refractivity contribution >= 4 is 18.0 Å². The number of carbonyl (C=O) groups is 3. The third kappa shape index (κ3) is 7.50. The molecule has 0 aliphatic heterocycles. The number of hydrogen-bond donors (Lipinski definition) is 3. The fourth-order valence-corrected chi connectivity index (χ4v) is 1.48. The average Bonchev–Trinajstić information content (AvgIpc) is 2.08. The number of ether oxygens (including phenoxy) is 2. The highest BCUT2D eigenvalue weighted by molar-refractivity contribution is 5.87. The molecule has 8 nitrogen and oxygen atoms in total. The zero-order valence-corrected chi connectivity index (χ0v) is 13.1. The van der Waals surface area contributed by atoms with E-state index in [2.05, 4.69) is 0 Å². The van der Waals surface area contributed by atoms with Gasteiger partial charge < -0.3 is 19.7 Å². The summed E-state index contributed by atoms with van der Waals surface area (Å²) in [4.78, 5) is 34.2. The molecular formula is C13H23NO7. The van der Waals surface area contributed by atoms with Gasteiger partial charge in [0.25, 0.3) is 5.72 Å². The van der Waals surface area contributed by atoms with E-state index in [1.54, 1.807) is 41.5 Å². The Morgan fingerprint density at radius 1 is 0.952 bits per heavy atom. The summed E-state index contributed by atoms with van der Waals surface area (Å²) in [6.45, 7) is 9.42. The molecule has 122 valence electrons. The van der Waals surface area contributed by atoms with Crippen LogP contribution in [-0.4, -0.2) is 45.2 Å². The molecule has 0 bridgehead atoms. The number of amides is 1. The minimum atomic E-state index is -2.41. The summed E-state index contributed by atoms with van der Waals surface area (Å²) >= 11 is 0. The topological polar surface area (TPSA) is 122 Å². The molecule has 0 radical (unpaired) electrons. The highest BCUT2D eigenvalue weighted by Gasteiger charge is 2.47. The second kappa shape index (κ2) is 6.30. The normalized spacial score (nSPS) is 15.0. The van der Waals surface area contributed by atoms with Gasteiger partial charge in [-0.25, -0.2) is 9.59 Å². The van der Waals surface area contributed by atoms with E-state index in [1.807, 2.05) is 5.32 Å². The quantitative estimate of drug-likeness (QED) is 0.659. The Labute approximate surface area is 123 Å². The SMILES string of the molecule is CC(C)(C)OC(=O)N[C@](CC(=O)O)(OC(C)(C)C)C(=O)O. The lowest BCUT2D eigenvalue weighted by Crippen LogP contribution is -2.61. The van der Waals surface area contributed by atoms with E-state index in [-0.39, 0.29) is 0 Å². The maximum Gasteiger partial charge on any atom is 0.410 e. The largest absolute Gasteiger partial charge is 0.481 e. The maximum absolute atomic E-state index is 11.8. The van der Waals surface area contributed by atoms with Crippen LogP contribution in [0.2, 0.25) is 0 Å². The van der Waals surface area contributed by atoms with Gasteiger partial charge in [-0.15, -0.1) is 0 Å². The van der Waals surface area contributed by atoms with Crippen molar-refractivity contribution < 1.29 is 34.1 Å².